The van der Waals surface area contributed by atoms with Crippen LogP contribution >= 0.6 is 0 Å². The smallest absolute Gasteiger partial charge is 0.211 e. The normalized spacial score (nSPS) is 9.60. The van der Waals surface area contributed by atoms with Gasteiger partial charge in [-0.05, 0) is 17.7 Å². The highest BCUT2D eigenvalue weighted by atomic mass is 16.1. The van der Waals surface area contributed by atoms with Crippen molar-refractivity contribution in [3.05, 3.63) is 43.0 Å². The van der Waals surface area contributed by atoms with Crippen LogP contribution in [0.1, 0.15) is 0 Å². The van der Waals surface area contributed by atoms with Crippen molar-refractivity contribution in [1.82, 2.24) is 9.97 Å². The van der Waals surface area contributed by atoms with Crippen LogP contribution in [0.4, 0.5) is 5.69 Å². The summed E-state index contributed by atoms with van der Waals surface area (Å²) in [5.41, 5.74) is 2.65. The van der Waals surface area contributed by atoms with Gasteiger partial charge in [0.05, 0.1) is 0 Å². The maximum atomic E-state index is 10.3. The SMILES string of the molecule is O=CNc1cccc(-c2cncnc2)c1. The van der Waals surface area contributed by atoms with Crippen LogP contribution in [0, 0.1) is 0 Å². The van der Waals surface area contributed by atoms with Gasteiger partial charge in [-0.2, -0.15) is 0 Å². The molecule has 0 saturated heterocycles. The van der Waals surface area contributed by atoms with Crippen molar-refractivity contribution in [1.29, 1.82) is 0 Å². The Morgan fingerprint density at radius 3 is 2.67 bits per heavy atom. The maximum Gasteiger partial charge on any atom is 0.211 e. The zero-order valence-electron chi connectivity index (χ0n) is 7.92. The van der Waals surface area contributed by atoms with Gasteiger partial charge >= 0.3 is 0 Å². The van der Waals surface area contributed by atoms with Crippen molar-refractivity contribution in [2.45, 2.75) is 0 Å². The third-order valence-corrected chi connectivity index (χ3v) is 1.98. The first-order valence-electron chi connectivity index (χ1n) is 4.46. The molecule has 4 heteroatoms. The van der Waals surface area contributed by atoms with Gasteiger partial charge in [0, 0.05) is 23.6 Å². The van der Waals surface area contributed by atoms with E-state index in [1.54, 1.807) is 12.4 Å². The third kappa shape index (κ3) is 2.17. The minimum Gasteiger partial charge on any atom is -0.329 e. The fourth-order valence-electron chi connectivity index (χ4n) is 1.30. The molecule has 1 amide bonds. The molecule has 1 aromatic carbocycles. The quantitative estimate of drug-likeness (QED) is 0.765. The second-order valence-corrected chi connectivity index (χ2v) is 2.97. The Morgan fingerprint density at radius 2 is 1.93 bits per heavy atom. The van der Waals surface area contributed by atoms with E-state index < -0.39 is 0 Å². The zero-order valence-corrected chi connectivity index (χ0v) is 7.92. The summed E-state index contributed by atoms with van der Waals surface area (Å²) in [6, 6.07) is 7.50. The van der Waals surface area contributed by atoms with Gasteiger partial charge in [0.2, 0.25) is 6.41 Å². The number of hydrogen-bond acceptors (Lipinski definition) is 3. The molecule has 2 rings (SSSR count). The molecule has 0 fully saturated rings. The molecule has 1 N–H and O–H groups in total. The van der Waals surface area contributed by atoms with Crippen LogP contribution in [0.3, 0.4) is 0 Å². The van der Waals surface area contributed by atoms with Crippen molar-refractivity contribution in [3.63, 3.8) is 0 Å². The van der Waals surface area contributed by atoms with E-state index in [4.69, 9.17) is 0 Å². The number of carbonyl (C=O) groups excluding carboxylic acids is 1. The van der Waals surface area contributed by atoms with Crippen LogP contribution in [-0.4, -0.2) is 16.4 Å². The molecule has 1 heterocycles. The average Bonchev–Trinajstić information content (AvgIpc) is 2.31. The Bertz CT molecular complexity index is 456. The van der Waals surface area contributed by atoms with E-state index in [0.717, 1.165) is 16.8 Å². The summed E-state index contributed by atoms with van der Waals surface area (Å²) < 4.78 is 0. The van der Waals surface area contributed by atoms with Crippen LogP contribution in [0.25, 0.3) is 11.1 Å². The van der Waals surface area contributed by atoms with Gasteiger partial charge in [0.25, 0.3) is 0 Å². The predicted octanol–water partition coefficient (Wildman–Crippen LogP) is 1.71. The molecule has 74 valence electrons. The Hall–Kier alpha value is -2.23. The lowest BCUT2D eigenvalue weighted by Crippen LogP contribution is -1.93. The van der Waals surface area contributed by atoms with E-state index in [2.05, 4.69) is 15.3 Å². The second kappa shape index (κ2) is 4.32. The molecule has 0 aliphatic heterocycles. The molecule has 0 aliphatic rings. The highest BCUT2D eigenvalue weighted by molar-refractivity contribution is 5.75. The van der Waals surface area contributed by atoms with Crippen molar-refractivity contribution >= 4 is 12.1 Å². The summed E-state index contributed by atoms with van der Waals surface area (Å²) in [4.78, 5) is 18.2. The molecule has 0 unspecified atom stereocenters. The van der Waals surface area contributed by atoms with Gasteiger partial charge in [-0.15, -0.1) is 0 Å². The van der Waals surface area contributed by atoms with Gasteiger partial charge in [-0.1, -0.05) is 12.1 Å². The van der Waals surface area contributed by atoms with E-state index in [1.807, 2.05) is 24.3 Å². The van der Waals surface area contributed by atoms with Gasteiger partial charge in [-0.3, -0.25) is 4.79 Å². The maximum absolute atomic E-state index is 10.3. The molecule has 1 aromatic heterocycles. The van der Waals surface area contributed by atoms with Crippen molar-refractivity contribution < 1.29 is 4.79 Å². The number of amides is 1. The molecule has 0 aliphatic carbocycles. The van der Waals surface area contributed by atoms with E-state index in [9.17, 15) is 4.79 Å². The molecule has 15 heavy (non-hydrogen) atoms. The van der Waals surface area contributed by atoms with Crippen LogP contribution < -0.4 is 5.32 Å². The van der Waals surface area contributed by atoms with Crippen LogP contribution in [0.5, 0.6) is 0 Å². The summed E-state index contributed by atoms with van der Waals surface area (Å²) in [7, 11) is 0. The molecule has 0 bridgehead atoms. The van der Waals surface area contributed by atoms with Gasteiger partial charge in [-0.25, -0.2) is 9.97 Å². The minimum absolute atomic E-state index is 0.653. The monoisotopic (exact) mass is 199 g/mol. The lowest BCUT2D eigenvalue weighted by Gasteiger charge is -2.02. The first-order valence-corrected chi connectivity index (χ1v) is 4.46. The van der Waals surface area contributed by atoms with Crippen molar-refractivity contribution in [2.75, 3.05) is 5.32 Å². The van der Waals surface area contributed by atoms with E-state index in [-0.39, 0.29) is 0 Å². The second-order valence-electron chi connectivity index (χ2n) is 2.97. The standard InChI is InChI=1S/C11H9N3O/c15-8-14-11-3-1-2-9(4-11)10-5-12-7-13-6-10/h1-8H,(H,14,15). The number of hydrogen-bond donors (Lipinski definition) is 1. The topological polar surface area (TPSA) is 54.9 Å². The summed E-state index contributed by atoms with van der Waals surface area (Å²) >= 11 is 0. The average molecular weight is 199 g/mol. The number of anilines is 1. The number of rotatable bonds is 3. The first kappa shape index (κ1) is 9.33. The molecule has 4 nitrogen and oxygen atoms in total. The lowest BCUT2D eigenvalue weighted by atomic mass is 10.1. The van der Waals surface area contributed by atoms with E-state index in [0.29, 0.717) is 6.41 Å². The number of benzene rings is 1. The number of aromatic nitrogens is 2. The number of nitrogens with zero attached hydrogens (tertiary/aromatic N) is 2. The summed E-state index contributed by atoms with van der Waals surface area (Å²) in [5.74, 6) is 0. The van der Waals surface area contributed by atoms with Gasteiger partial charge in [0.15, 0.2) is 0 Å². The van der Waals surface area contributed by atoms with Crippen molar-refractivity contribution in [3.8, 4) is 11.1 Å². The highest BCUT2D eigenvalue weighted by Crippen LogP contribution is 2.20. The minimum atomic E-state index is 0.653. The largest absolute Gasteiger partial charge is 0.329 e. The lowest BCUT2D eigenvalue weighted by molar-refractivity contribution is -0.105. The molecule has 2 aromatic rings. The van der Waals surface area contributed by atoms with Crippen molar-refractivity contribution in [2.24, 2.45) is 0 Å². The van der Waals surface area contributed by atoms with E-state index >= 15 is 0 Å². The fourth-order valence-corrected chi connectivity index (χ4v) is 1.30. The highest BCUT2D eigenvalue weighted by Gasteiger charge is 1.98. The molecular formula is C11H9N3O. The van der Waals surface area contributed by atoms with Crippen LogP contribution in [-0.2, 0) is 4.79 Å². The molecule has 0 spiro atoms. The number of nitrogens with one attached hydrogen (secondary N) is 1. The Balaban J connectivity index is 2.37. The summed E-state index contributed by atoms with van der Waals surface area (Å²) in [6.45, 7) is 0. The van der Waals surface area contributed by atoms with Crippen LogP contribution in [0.15, 0.2) is 43.0 Å². The summed E-state index contributed by atoms with van der Waals surface area (Å²) in [5, 5.41) is 2.60. The van der Waals surface area contributed by atoms with Crippen LogP contribution in [0.2, 0.25) is 0 Å². The van der Waals surface area contributed by atoms with E-state index in [1.165, 1.54) is 6.33 Å². The number of carbonyl (C=O) groups is 1. The third-order valence-electron chi connectivity index (χ3n) is 1.98. The Labute approximate surface area is 87.0 Å². The zero-order chi connectivity index (χ0) is 10.5. The molecule has 0 atom stereocenters. The molecule has 0 radical (unpaired) electrons. The molecular weight excluding hydrogens is 190 g/mol. The first-order chi connectivity index (χ1) is 7.40. The predicted molar refractivity (Wildman–Crippen MR) is 57.2 cm³/mol. The summed E-state index contributed by atoms with van der Waals surface area (Å²) in [6.07, 6.45) is 5.59. The van der Waals surface area contributed by atoms with Gasteiger partial charge in [0.1, 0.15) is 6.33 Å². The Morgan fingerprint density at radius 1 is 1.13 bits per heavy atom. The fraction of sp³-hybridized carbons (Fsp3) is 0. The Kier molecular flexibility index (Phi) is 2.69. The molecule has 0 saturated carbocycles. The van der Waals surface area contributed by atoms with Gasteiger partial charge < -0.3 is 5.32 Å².